The van der Waals surface area contributed by atoms with Gasteiger partial charge in [0.2, 0.25) is 11.8 Å². The maximum Gasteiger partial charge on any atom is 0.307 e. The highest BCUT2D eigenvalue weighted by molar-refractivity contribution is 6.38. The fourth-order valence-electron chi connectivity index (χ4n) is 6.75. The minimum atomic E-state index is -1.13. The molecule has 4 aromatic rings. The largest absolute Gasteiger partial charge is 0.456 e. The molecule has 0 saturated carbocycles. The van der Waals surface area contributed by atoms with E-state index in [1.54, 1.807) is 37.4 Å². The number of furan rings is 1. The number of nitrogens with zero attached hydrogens (tertiary/aromatic N) is 2. The maximum absolute atomic E-state index is 14.4. The van der Waals surface area contributed by atoms with E-state index in [9.17, 15) is 14.4 Å². The van der Waals surface area contributed by atoms with Crippen LogP contribution in [-0.4, -0.2) is 23.9 Å². The van der Waals surface area contributed by atoms with Crippen LogP contribution < -0.4 is 10.3 Å². The van der Waals surface area contributed by atoms with Crippen LogP contribution in [0.2, 0.25) is 10.0 Å². The topological polar surface area (TPSA) is 92.0 Å². The Kier molecular flexibility index (Phi) is 5.53. The second-order valence-corrected chi connectivity index (χ2v) is 11.1. The SMILES string of the molecule is Cc1ccc(C(=O)N/N=C\C23c4ccccc4C(c4ccccc42)[C@H]2C(=O)N(c4ccc(Cl)cc4Cl)C(=O)[C@H]23)o1. The zero-order valence-electron chi connectivity index (χ0n) is 21.1. The number of hydrogen-bond donors (Lipinski definition) is 1. The molecule has 2 atom stereocenters. The zero-order valence-corrected chi connectivity index (χ0v) is 22.6. The molecule has 1 fully saturated rings. The van der Waals surface area contributed by atoms with Gasteiger partial charge in [-0.25, -0.2) is 10.3 Å². The van der Waals surface area contributed by atoms with E-state index < -0.39 is 23.2 Å². The van der Waals surface area contributed by atoms with Gasteiger partial charge in [0, 0.05) is 17.2 Å². The number of hydrazone groups is 1. The summed E-state index contributed by atoms with van der Waals surface area (Å²) in [5.74, 6) is -2.36. The maximum atomic E-state index is 14.4. The van der Waals surface area contributed by atoms with Crippen molar-refractivity contribution in [3.05, 3.63) is 123 Å². The van der Waals surface area contributed by atoms with Crippen molar-refractivity contribution in [2.24, 2.45) is 16.9 Å². The summed E-state index contributed by atoms with van der Waals surface area (Å²) in [7, 11) is 0. The van der Waals surface area contributed by atoms with Crippen LogP contribution in [0.5, 0.6) is 0 Å². The van der Waals surface area contributed by atoms with E-state index in [1.165, 1.54) is 11.0 Å². The number of hydrogen-bond acceptors (Lipinski definition) is 5. The predicted octanol–water partition coefficient (Wildman–Crippen LogP) is 5.86. The Bertz CT molecular complexity index is 1730. The van der Waals surface area contributed by atoms with Crippen LogP contribution in [0, 0.1) is 18.8 Å². The monoisotopic (exact) mass is 569 g/mol. The highest BCUT2D eigenvalue weighted by atomic mass is 35.5. The summed E-state index contributed by atoms with van der Waals surface area (Å²) in [6.45, 7) is 1.74. The summed E-state index contributed by atoms with van der Waals surface area (Å²) >= 11 is 12.6. The first-order chi connectivity index (χ1) is 19.3. The molecule has 9 heteroatoms. The Morgan fingerprint density at radius 3 is 2.25 bits per heavy atom. The molecule has 198 valence electrons. The van der Waals surface area contributed by atoms with E-state index in [2.05, 4.69) is 10.5 Å². The van der Waals surface area contributed by atoms with Crippen LogP contribution in [0.3, 0.4) is 0 Å². The molecule has 3 amide bonds. The lowest BCUT2D eigenvalue weighted by Gasteiger charge is -2.52. The Hall–Kier alpha value is -4.20. The fourth-order valence-corrected chi connectivity index (χ4v) is 7.25. The number of amides is 3. The van der Waals surface area contributed by atoms with Gasteiger partial charge in [-0.1, -0.05) is 71.7 Å². The van der Waals surface area contributed by atoms with Crippen molar-refractivity contribution in [2.45, 2.75) is 18.3 Å². The second-order valence-electron chi connectivity index (χ2n) is 10.2. The number of carbonyl (C=O) groups excluding carboxylic acids is 3. The molecule has 4 aliphatic rings. The number of benzene rings is 3. The first-order valence-corrected chi connectivity index (χ1v) is 13.5. The molecule has 1 aliphatic heterocycles. The lowest BCUT2D eigenvalue weighted by atomic mass is 9.47. The molecule has 3 aliphatic carbocycles. The second kappa shape index (κ2) is 8.91. The molecular weight excluding hydrogens is 549 g/mol. The van der Waals surface area contributed by atoms with Gasteiger partial charge in [0.15, 0.2) is 5.76 Å². The molecule has 2 heterocycles. The number of nitrogens with one attached hydrogen (secondary N) is 1. The van der Waals surface area contributed by atoms with Gasteiger partial charge in [-0.05, 0) is 59.5 Å². The van der Waals surface area contributed by atoms with Gasteiger partial charge in [-0.3, -0.25) is 14.4 Å². The van der Waals surface area contributed by atoms with E-state index in [1.807, 2.05) is 48.5 Å². The smallest absolute Gasteiger partial charge is 0.307 e. The number of anilines is 1. The quantitative estimate of drug-likeness (QED) is 0.189. The van der Waals surface area contributed by atoms with Crippen molar-refractivity contribution >= 4 is 52.8 Å². The minimum absolute atomic E-state index is 0.119. The number of rotatable bonds is 4. The minimum Gasteiger partial charge on any atom is -0.456 e. The molecule has 0 unspecified atom stereocenters. The van der Waals surface area contributed by atoms with Gasteiger partial charge in [0.05, 0.1) is 28.0 Å². The summed E-state index contributed by atoms with van der Waals surface area (Å²) in [6, 6.07) is 23.6. The van der Waals surface area contributed by atoms with Crippen LogP contribution in [0.25, 0.3) is 0 Å². The molecule has 2 bridgehead atoms. The van der Waals surface area contributed by atoms with Crippen LogP contribution in [0.15, 0.2) is 88.4 Å². The van der Waals surface area contributed by atoms with Crippen LogP contribution in [0.4, 0.5) is 5.69 Å². The summed E-state index contributed by atoms with van der Waals surface area (Å²) in [4.78, 5) is 42.5. The standard InChI is InChI=1S/C31H21Cl2N3O4/c1-16-10-13-24(40-16)28(37)35-34-15-31-20-8-4-2-6-18(20)25(19-7-3-5-9-21(19)31)26-27(31)30(39)36(29(26)38)23-12-11-17(32)14-22(23)33/h2-15,25-27H,1H3,(H,35,37)/b34-15-/t25?,26-,27+,31?/m1/s1. The van der Waals surface area contributed by atoms with Crippen molar-refractivity contribution < 1.29 is 18.8 Å². The molecule has 7 nitrogen and oxygen atoms in total. The molecule has 1 N–H and O–H groups in total. The van der Waals surface area contributed by atoms with Crippen molar-refractivity contribution in [3.8, 4) is 0 Å². The van der Waals surface area contributed by atoms with E-state index in [0.717, 1.165) is 22.3 Å². The Morgan fingerprint density at radius 1 is 0.950 bits per heavy atom. The van der Waals surface area contributed by atoms with Crippen molar-refractivity contribution in [1.82, 2.24) is 5.43 Å². The zero-order chi connectivity index (χ0) is 27.8. The van der Waals surface area contributed by atoms with Crippen molar-refractivity contribution in [2.75, 3.05) is 4.90 Å². The Morgan fingerprint density at radius 2 is 1.62 bits per heavy atom. The molecule has 40 heavy (non-hydrogen) atoms. The van der Waals surface area contributed by atoms with Gasteiger partial charge in [-0.2, -0.15) is 5.10 Å². The summed E-state index contributed by atoms with van der Waals surface area (Å²) in [5, 5.41) is 4.99. The van der Waals surface area contributed by atoms with Crippen molar-refractivity contribution in [3.63, 3.8) is 0 Å². The third-order valence-corrected chi connectivity index (χ3v) is 8.77. The molecular formula is C31H21Cl2N3O4. The number of halogens is 2. The highest BCUT2D eigenvalue weighted by Gasteiger charge is 2.68. The van der Waals surface area contributed by atoms with Crippen LogP contribution in [-0.2, 0) is 15.0 Å². The molecule has 0 radical (unpaired) electrons. The van der Waals surface area contributed by atoms with Crippen LogP contribution in [0.1, 0.15) is 44.5 Å². The molecule has 0 spiro atoms. The summed E-state index contributed by atoms with van der Waals surface area (Å²) < 4.78 is 5.43. The highest BCUT2D eigenvalue weighted by Crippen LogP contribution is 2.63. The number of imide groups is 1. The summed E-state index contributed by atoms with van der Waals surface area (Å²) in [5.41, 5.74) is 5.36. The predicted molar refractivity (Wildman–Crippen MR) is 151 cm³/mol. The van der Waals surface area contributed by atoms with E-state index in [4.69, 9.17) is 27.6 Å². The molecule has 1 aromatic heterocycles. The molecule has 8 rings (SSSR count). The van der Waals surface area contributed by atoms with Gasteiger partial charge < -0.3 is 4.42 Å². The average molecular weight is 570 g/mol. The van der Waals surface area contributed by atoms with Gasteiger partial charge >= 0.3 is 5.91 Å². The number of carbonyl (C=O) groups is 3. The van der Waals surface area contributed by atoms with E-state index in [0.29, 0.717) is 10.8 Å². The summed E-state index contributed by atoms with van der Waals surface area (Å²) in [6.07, 6.45) is 1.60. The van der Waals surface area contributed by atoms with Crippen molar-refractivity contribution in [1.29, 1.82) is 0 Å². The lowest BCUT2D eigenvalue weighted by Crippen LogP contribution is -2.54. The first-order valence-electron chi connectivity index (χ1n) is 12.8. The third kappa shape index (κ3) is 3.31. The van der Waals surface area contributed by atoms with Crippen LogP contribution >= 0.6 is 23.2 Å². The normalized spacial score (nSPS) is 24.3. The number of aryl methyl sites for hydroxylation is 1. The van der Waals surface area contributed by atoms with E-state index >= 15 is 0 Å². The average Bonchev–Trinajstić information content (AvgIpc) is 3.50. The third-order valence-electron chi connectivity index (χ3n) is 8.23. The molecule has 3 aromatic carbocycles. The Labute approximate surface area is 239 Å². The van der Waals surface area contributed by atoms with Gasteiger partial charge in [0.1, 0.15) is 5.76 Å². The van der Waals surface area contributed by atoms with Gasteiger partial charge in [0.25, 0.3) is 0 Å². The fraction of sp³-hybridized carbons (Fsp3) is 0.161. The Balaban J connectivity index is 1.42. The first kappa shape index (κ1) is 24.8. The molecule has 1 saturated heterocycles. The van der Waals surface area contributed by atoms with E-state index in [-0.39, 0.29) is 34.2 Å². The lowest BCUT2D eigenvalue weighted by molar-refractivity contribution is -0.122. The van der Waals surface area contributed by atoms with Gasteiger partial charge in [-0.15, -0.1) is 0 Å².